The van der Waals surface area contributed by atoms with Crippen molar-refractivity contribution in [3.8, 4) is 11.4 Å². The average molecular weight is 381 g/mol. The fourth-order valence-corrected chi connectivity index (χ4v) is 3.25. The largest absolute Gasteiger partial charge is 0.322 e. The molecule has 5 nitrogen and oxygen atoms in total. The van der Waals surface area contributed by atoms with Gasteiger partial charge in [0.05, 0.1) is 0 Å². The zero-order valence-electron chi connectivity index (χ0n) is 16.3. The van der Waals surface area contributed by atoms with Crippen molar-refractivity contribution in [2.45, 2.75) is 31.3 Å². The van der Waals surface area contributed by atoms with Crippen molar-refractivity contribution in [1.29, 1.82) is 0 Å². The van der Waals surface area contributed by atoms with Gasteiger partial charge in [-0.1, -0.05) is 44.7 Å². The van der Waals surface area contributed by atoms with Crippen molar-refractivity contribution in [2.75, 3.05) is 11.6 Å². The highest BCUT2D eigenvalue weighted by atomic mass is 32.2. The highest BCUT2D eigenvalue weighted by molar-refractivity contribution is 7.98. The molecule has 0 aliphatic carbocycles. The summed E-state index contributed by atoms with van der Waals surface area (Å²) in [6.07, 6.45) is 1.97. The minimum Gasteiger partial charge on any atom is -0.322 e. The number of nitrogens with zero attached hydrogens (tertiary/aromatic N) is 3. The predicted molar refractivity (Wildman–Crippen MR) is 111 cm³/mol. The summed E-state index contributed by atoms with van der Waals surface area (Å²) < 4.78 is 1.95. The molecular weight excluding hydrogens is 356 g/mol. The maximum atomic E-state index is 12.5. The molecule has 0 spiro atoms. The number of anilines is 1. The predicted octanol–water partition coefficient (Wildman–Crippen LogP) is 4.75. The molecule has 1 heterocycles. The van der Waals surface area contributed by atoms with Crippen molar-refractivity contribution in [1.82, 2.24) is 14.8 Å². The molecule has 27 heavy (non-hydrogen) atoms. The van der Waals surface area contributed by atoms with Gasteiger partial charge in [0, 0.05) is 23.9 Å². The molecule has 2 aromatic carbocycles. The van der Waals surface area contributed by atoms with E-state index < -0.39 is 0 Å². The summed E-state index contributed by atoms with van der Waals surface area (Å²) in [7, 11) is 1.94. The van der Waals surface area contributed by atoms with E-state index in [1.807, 2.05) is 66.4 Å². The summed E-state index contributed by atoms with van der Waals surface area (Å²) in [5, 5.41) is 12.2. The Bertz CT molecular complexity index is 938. The quantitative estimate of drug-likeness (QED) is 0.663. The standard InChI is InChI=1S/C21H24N4OS/c1-21(2,3)16-10-6-15(7-11-16)19(26)22-17-12-8-14(9-13-17)18-23-24-20(27-5)25(18)4/h6-13H,1-5H3,(H,22,26). The lowest BCUT2D eigenvalue weighted by molar-refractivity contribution is 0.102. The first-order valence-electron chi connectivity index (χ1n) is 8.75. The molecule has 3 aromatic rings. The van der Waals surface area contributed by atoms with Crippen LogP contribution in [0, 0.1) is 0 Å². The molecule has 140 valence electrons. The maximum absolute atomic E-state index is 12.5. The Morgan fingerprint density at radius 1 is 1.00 bits per heavy atom. The molecule has 0 aliphatic rings. The number of carbonyl (C=O) groups excluding carboxylic acids is 1. The Labute approximate surface area is 164 Å². The molecule has 6 heteroatoms. The second kappa shape index (κ2) is 7.56. The van der Waals surface area contributed by atoms with Gasteiger partial charge >= 0.3 is 0 Å². The smallest absolute Gasteiger partial charge is 0.255 e. The van der Waals surface area contributed by atoms with Crippen LogP contribution in [-0.4, -0.2) is 26.9 Å². The summed E-state index contributed by atoms with van der Waals surface area (Å²) in [6.45, 7) is 6.47. The van der Waals surface area contributed by atoms with Gasteiger partial charge in [0.25, 0.3) is 5.91 Å². The molecule has 0 atom stereocenters. The number of hydrogen-bond acceptors (Lipinski definition) is 4. The summed E-state index contributed by atoms with van der Waals surface area (Å²) in [6, 6.07) is 15.4. The average Bonchev–Trinajstić information content (AvgIpc) is 3.02. The summed E-state index contributed by atoms with van der Waals surface area (Å²) in [5.41, 5.74) is 3.62. The lowest BCUT2D eigenvalue weighted by Crippen LogP contribution is -2.14. The summed E-state index contributed by atoms with van der Waals surface area (Å²) in [5.74, 6) is 0.682. The molecule has 1 amide bonds. The zero-order valence-corrected chi connectivity index (χ0v) is 17.1. The van der Waals surface area contributed by atoms with E-state index in [-0.39, 0.29) is 11.3 Å². The molecule has 1 aromatic heterocycles. The number of amides is 1. The van der Waals surface area contributed by atoms with Gasteiger partial charge < -0.3 is 9.88 Å². The van der Waals surface area contributed by atoms with Crippen LogP contribution < -0.4 is 5.32 Å². The summed E-state index contributed by atoms with van der Waals surface area (Å²) >= 11 is 1.55. The van der Waals surface area contributed by atoms with Gasteiger partial charge in [-0.2, -0.15) is 0 Å². The third-order valence-electron chi connectivity index (χ3n) is 4.43. The Hall–Kier alpha value is -2.60. The van der Waals surface area contributed by atoms with E-state index in [0.717, 1.165) is 22.2 Å². The number of carbonyl (C=O) groups is 1. The van der Waals surface area contributed by atoms with E-state index in [1.54, 1.807) is 11.8 Å². The van der Waals surface area contributed by atoms with Crippen molar-refractivity contribution >= 4 is 23.4 Å². The molecular formula is C21H24N4OS. The first-order chi connectivity index (χ1) is 12.8. The van der Waals surface area contributed by atoms with Crippen molar-refractivity contribution in [3.05, 3.63) is 59.7 Å². The molecule has 3 rings (SSSR count). The van der Waals surface area contributed by atoms with Gasteiger partial charge in [0.15, 0.2) is 11.0 Å². The Balaban J connectivity index is 1.72. The molecule has 0 unspecified atom stereocenters. The van der Waals surface area contributed by atoms with Crippen LogP contribution in [-0.2, 0) is 12.5 Å². The van der Waals surface area contributed by atoms with Crippen molar-refractivity contribution < 1.29 is 4.79 Å². The normalized spacial score (nSPS) is 11.4. The van der Waals surface area contributed by atoms with E-state index >= 15 is 0 Å². The molecule has 0 radical (unpaired) electrons. The second-order valence-corrected chi connectivity index (χ2v) is 8.20. The third-order valence-corrected chi connectivity index (χ3v) is 5.15. The molecule has 0 saturated carbocycles. The highest BCUT2D eigenvalue weighted by Gasteiger charge is 2.15. The number of hydrogen-bond donors (Lipinski definition) is 1. The molecule has 1 N–H and O–H groups in total. The number of benzene rings is 2. The third kappa shape index (κ3) is 4.22. The van der Waals surface area contributed by atoms with Crippen LogP contribution in [0.4, 0.5) is 5.69 Å². The number of rotatable bonds is 4. The van der Waals surface area contributed by atoms with E-state index in [1.165, 1.54) is 5.56 Å². The van der Waals surface area contributed by atoms with Crippen LogP contribution >= 0.6 is 11.8 Å². The Morgan fingerprint density at radius 2 is 1.63 bits per heavy atom. The Morgan fingerprint density at radius 3 is 2.15 bits per heavy atom. The van der Waals surface area contributed by atoms with E-state index in [0.29, 0.717) is 5.56 Å². The molecule has 0 aliphatic heterocycles. The van der Waals surface area contributed by atoms with Crippen LogP contribution in [0.25, 0.3) is 11.4 Å². The lowest BCUT2D eigenvalue weighted by atomic mass is 9.87. The van der Waals surface area contributed by atoms with Gasteiger partial charge in [-0.15, -0.1) is 10.2 Å². The van der Waals surface area contributed by atoms with Gasteiger partial charge in [-0.05, 0) is 53.6 Å². The van der Waals surface area contributed by atoms with Crippen molar-refractivity contribution in [2.24, 2.45) is 7.05 Å². The van der Waals surface area contributed by atoms with Crippen LogP contribution in [0.15, 0.2) is 53.7 Å². The van der Waals surface area contributed by atoms with Crippen LogP contribution in [0.2, 0.25) is 0 Å². The minimum absolute atomic E-state index is 0.0703. The first kappa shape index (κ1) is 19.2. The SMILES string of the molecule is CSc1nnc(-c2ccc(NC(=O)c3ccc(C(C)(C)C)cc3)cc2)n1C. The number of aromatic nitrogens is 3. The minimum atomic E-state index is -0.119. The highest BCUT2D eigenvalue weighted by Crippen LogP contribution is 2.24. The maximum Gasteiger partial charge on any atom is 0.255 e. The van der Waals surface area contributed by atoms with Crippen LogP contribution in [0.3, 0.4) is 0 Å². The van der Waals surface area contributed by atoms with Crippen LogP contribution in [0.5, 0.6) is 0 Å². The molecule has 0 fully saturated rings. The van der Waals surface area contributed by atoms with E-state index in [2.05, 4.69) is 36.3 Å². The Kier molecular flexibility index (Phi) is 5.37. The van der Waals surface area contributed by atoms with E-state index in [9.17, 15) is 4.79 Å². The molecule has 0 saturated heterocycles. The van der Waals surface area contributed by atoms with E-state index in [4.69, 9.17) is 0 Å². The summed E-state index contributed by atoms with van der Waals surface area (Å²) in [4.78, 5) is 12.5. The molecule has 0 bridgehead atoms. The van der Waals surface area contributed by atoms with Crippen molar-refractivity contribution in [3.63, 3.8) is 0 Å². The fraction of sp³-hybridized carbons (Fsp3) is 0.286. The van der Waals surface area contributed by atoms with Gasteiger partial charge in [0.1, 0.15) is 0 Å². The number of nitrogens with one attached hydrogen (secondary N) is 1. The van der Waals surface area contributed by atoms with Gasteiger partial charge in [-0.3, -0.25) is 4.79 Å². The zero-order chi connectivity index (χ0) is 19.6. The number of thioether (sulfide) groups is 1. The second-order valence-electron chi connectivity index (χ2n) is 7.43. The monoisotopic (exact) mass is 380 g/mol. The fourth-order valence-electron chi connectivity index (χ4n) is 2.77. The van der Waals surface area contributed by atoms with Crippen LogP contribution in [0.1, 0.15) is 36.7 Å². The van der Waals surface area contributed by atoms with Gasteiger partial charge in [0.2, 0.25) is 0 Å². The lowest BCUT2D eigenvalue weighted by Gasteiger charge is -2.19. The van der Waals surface area contributed by atoms with Gasteiger partial charge in [-0.25, -0.2) is 0 Å². The topological polar surface area (TPSA) is 59.8 Å². The first-order valence-corrected chi connectivity index (χ1v) is 9.98.